The van der Waals surface area contributed by atoms with Crippen molar-refractivity contribution in [1.82, 2.24) is 5.32 Å². The maximum Gasteiger partial charge on any atom is 0.119 e. The molecule has 1 N–H and O–H groups in total. The minimum atomic E-state index is 0.233. The molecule has 19 heavy (non-hydrogen) atoms. The number of nitrogens with one attached hydrogen (secondary N) is 1. The van der Waals surface area contributed by atoms with Crippen LogP contribution >= 0.6 is 0 Å². The number of benzene rings is 1. The Labute approximate surface area is 116 Å². The van der Waals surface area contributed by atoms with Gasteiger partial charge in [-0.3, -0.25) is 0 Å². The minimum absolute atomic E-state index is 0.233. The first-order valence-corrected chi connectivity index (χ1v) is 7.22. The van der Waals surface area contributed by atoms with E-state index in [-0.39, 0.29) is 6.04 Å². The van der Waals surface area contributed by atoms with Gasteiger partial charge in [-0.05, 0) is 43.5 Å². The van der Waals surface area contributed by atoms with Gasteiger partial charge in [-0.25, -0.2) is 0 Å². The van der Waals surface area contributed by atoms with Gasteiger partial charge in [-0.2, -0.15) is 0 Å². The molecule has 1 fully saturated rings. The largest absolute Gasteiger partial charge is 0.497 e. The Morgan fingerprint density at radius 1 is 1.32 bits per heavy atom. The van der Waals surface area contributed by atoms with E-state index in [0.29, 0.717) is 0 Å². The Hall–Kier alpha value is -1.06. The van der Waals surface area contributed by atoms with Crippen molar-refractivity contribution in [2.75, 3.05) is 27.4 Å². The van der Waals surface area contributed by atoms with Crippen molar-refractivity contribution < 1.29 is 9.47 Å². The topological polar surface area (TPSA) is 30.5 Å². The van der Waals surface area contributed by atoms with Gasteiger partial charge in [0.05, 0.1) is 19.8 Å². The van der Waals surface area contributed by atoms with Crippen LogP contribution in [0.15, 0.2) is 24.3 Å². The number of methoxy groups -OCH3 is 1. The molecule has 0 saturated heterocycles. The summed E-state index contributed by atoms with van der Waals surface area (Å²) in [4.78, 5) is 0. The van der Waals surface area contributed by atoms with Gasteiger partial charge < -0.3 is 14.8 Å². The van der Waals surface area contributed by atoms with E-state index in [1.54, 1.807) is 7.11 Å². The molecule has 0 spiro atoms. The van der Waals surface area contributed by atoms with Gasteiger partial charge >= 0.3 is 0 Å². The third-order valence-corrected chi connectivity index (χ3v) is 3.96. The van der Waals surface area contributed by atoms with E-state index >= 15 is 0 Å². The summed E-state index contributed by atoms with van der Waals surface area (Å²) in [7, 11) is 3.67. The smallest absolute Gasteiger partial charge is 0.119 e. The van der Waals surface area contributed by atoms with Crippen molar-refractivity contribution in [1.29, 1.82) is 0 Å². The second-order valence-electron chi connectivity index (χ2n) is 5.31. The molecule has 0 radical (unpaired) electrons. The molecule has 1 aromatic carbocycles. The molecular formula is C16H25NO2. The van der Waals surface area contributed by atoms with Crippen LogP contribution in [0.2, 0.25) is 0 Å². The van der Waals surface area contributed by atoms with E-state index in [1.807, 2.05) is 19.2 Å². The number of ether oxygens (including phenoxy) is 2. The molecular weight excluding hydrogens is 238 g/mol. The number of likely N-dealkylation sites (N-methyl/N-ethyl adjacent to an activating group) is 1. The van der Waals surface area contributed by atoms with Gasteiger partial charge in [0, 0.05) is 6.61 Å². The third-order valence-electron chi connectivity index (χ3n) is 3.96. The van der Waals surface area contributed by atoms with Crippen LogP contribution in [0.5, 0.6) is 5.75 Å². The van der Waals surface area contributed by atoms with Crippen LogP contribution in [0.3, 0.4) is 0 Å². The first-order chi connectivity index (χ1) is 9.33. The van der Waals surface area contributed by atoms with Crippen LogP contribution in [0.1, 0.15) is 37.3 Å². The van der Waals surface area contributed by atoms with Crippen molar-refractivity contribution in [3.63, 3.8) is 0 Å². The standard InChI is InChI=1S/C16H25NO2/c1-17-16(12-19-11-13-6-3-4-7-13)14-8-5-9-15(10-14)18-2/h5,8-10,13,16-17H,3-4,6-7,11-12H2,1-2H3. The van der Waals surface area contributed by atoms with E-state index in [4.69, 9.17) is 9.47 Å². The fraction of sp³-hybridized carbons (Fsp3) is 0.625. The molecule has 0 aliphatic heterocycles. The molecule has 1 saturated carbocycles. The molecule has 0 heterocycles. The first kappa shape index (κ1) is 14.4. The van der Waals surface area contributed by atoms with Crippen molar-refractivity contribution in [2.24, 2.45) is 5.92 Å². The van der Waals surface area contributed by atoms with Gasteiger partial charge in [0.15, 0.2) is 0 Å². The molecule has 1 unspecified atom stereocenters. The van der Waals surface area contributed by atoms with Gasteiger partial charge in [0.25, 0.3) is 0 Å². The van der Waals surface area contributed by atoms with E-state index < -0.39 is 0 Å². The molecule has 0 aromatic heterocycles. The van der Waals surface area contributed by atoms with E-state index in [9.17, 15) is 0 Å². The highest BCUT2D eigenvalue weighted by molar-refractivity contribution is 5.30. The SMILES string of the molecule is CNC(COCC1CCCC1)c1cccc(OC)c1. The zero-order valence-corrected chi connectivity index (χ0v) is 12.0. The quantitative estimate of drug-likeness (QED) is 0.819. The molecule has 2 rings (SSSR count). The van der Waals surface area contributed by atoms with Crippen molar-refractivity contribution in [3.8, 4) is 5.75 Å². The lowest BCUT2D eigenvalue weighted by Gasteiger charge is -2.19. The molecule has 1 aliphatic rings. The third kappa shape index (κ3) is 4.22. The van der Waals surface area contributed by atoms with Crippen LogP contribution in [-0.2, 0) is 4.74 Å². The number of rotatable bonds is 7. The van der Waals surface area contributed by atoms with Crippen molar-refractivity contribution in [3.05, 3.63) is 29.8 Å². The molecule has 3 heteroatoms. The summed E-state index contributed by atoms with van der Waals surface area (Å²) >= 11 is 0. The molecule has 0 bridgehead atoms. The molecule has 106 valence electrons. The monoisotopic (exact) mass is 263 g/mol. The van der Waals surface area contributed by atoms with E-state index in [1.165, 1.54) is 31.2 Å². The Kier molecular flexibility index (Phi) is 5.67. The Balaban J connectivity index is 1.84. The summed E-state index contributed by atoms with van der Waals surface area (Å²) in [6, 6.07) is 8.41. The summed E-state index contributed by atoms with van der Waals surface area (Å²) in [6.07, 6.45) is 5.42. The molecule has 1 aliphatic carbocycles. The van der Waals surface area contributed by atoms with Gasteiger partial charge in [0.2, 0.25) is 0 Å². The Morgan fingerprint density at radius 3 is 2.79 bits per heavy atom. The van der Waals surface area contributed by atoms with Crippen LogP contribution < -0.4 is 10.1 Å². The molecule has 1 aromatic rings. The number of hydrogen-bond acceptors (Lipinski definition) is 3. The first-order valence-electron chi connectivity index (χ1n) is 7.22. The van der Waals surface area contributed by atoms with Crippen LogP contribution in [-0.4, -0.2) is 27.4 Å². The van der Waals surface area contributed by atoms with Crippen molar-refractivity contribution in [2.45, 2.75) is 31.7 Å². The zero-order valence-electron chi connectivity index (χ0n) is 12.0. The lowest BCUT2D eigenvalue weighted by molar-refractivity contribution is 0.0844. The maximum atomic E-state index is 5.90. The highest BCUT2D eigenvalue weighted by atomic mass is 16.5. The van der Waals surface area contributed by atoms with E-state index in [2.05, 4.69) is 17.4 Å². The number of hydrogen-bond donors (Lipinski definition) is 1. The Morgan fingerprint density at radius 2 is 2.11 bits per heavy atom. The van der Waals surface area contributed by atoms with Crippen LogP contribution in [0, 0.1) is 5.92 Å². The molecule has 1 atom stereocenters. The van der Waals surface area contributed by atoms with Gasteiger partial charge in [-0.1, -0.05) is 25.0 Å². The second-order valence-corrected chi connectivity index (χ2v) is 5.31. The van der Waals surface area contributed by atoms with Gasteiger partial charge in [0.1, 0.15) is 5.75 Å². The lowest BCUT2D eigenvalue weighted by Crippen LogP contribution is -2.23. The fourth-order valence-electron chi connectivity index (χ4n) is 2.73. The molecule has 3 nitrogen and oxygen atoms in total. The average Bonchev–Trinajstić information content (AvgIpc) is 2.97. The summed E-state index contributed by atoms with van der Waals surface area (Å²) in [5, 5.41) is 3.31. The highest BCUT2D eigenvalue weighted by Crippen LogP contribution is 2.25. The second kappa shape index (κ2) is 7.51. The van der Waals surface area contributed by atoms with Crippen LogP contribution in [0.25, 0.3) is 0 Å². The summed E-state index contributed by atoms with van der Waals surface area (Å²) < 4.78 is 11.2. The summed E-state index contributed by atoms with van der Waals surface area (Å²) in [5.74, 6) is 1.68. The van der Waals surface area contributed by atoms with Gasteiger partial charge in [-0.15, -0.1) is 0 Å². The lowest BCUT2D eigenvalue weighted by atomic mass is 10.1. The summed E-state index contributed by atoms with van der Waals surface area (Å²) in [6.45, 7) is 1.63. The maximum absolute atomic E-state index is 5.90. The van der Waals surface area contributed by atoms with Crippen molar-refractivity contribution >= 4 is 0 Å². The predicted octanol–water partition coefficient (Wildman–Crippen LogP) is 3.16. The predicted molar refractivity (Wildman–Crippen MR) is 77.6 cm³/mol. The van der Waals surface area contributed by atoms with Crippen LogP contribution in [0.4, 0.5) is 0 Å². The Bertz CT molecular complexity index is 375. The minimum Gasteiger partial charge on any atom is -0.497 e. The summed E-state index contributed by atoms with van der Waals surface area (Å²) in [5.41, 5.74) is 1.22. The van der Waals surface area contributed by atoms with E-state index in [0.717, 1.165) is 24.9 Å². The average molecular weight is 263 g/mol. The zero-order chi connectivity index (χ0) is 13.5. The fourth-order valence-corrected chi connectivity index (χ4v) is 2.73. The normalized spacial score (nSPS) is 17.6. The highest BCUT2D eigenvalue weighted by Gasteiger charge is 2.16. The molecule has 0 amide bonds.